The first-order valence-corrected chi connectivity index (χ1v) is 8.81. The van der Waals surface area contributed by atoms with Crippen LogP contribution in [0.3, 0.4) is 0 Å². The average Bonchev–Trinajstić information content (AvgIpc) is 3.03. The standard InChI is InChI=1S/C19H30O5/c1-11-7-8-15(17(9-11)23-14(4)21)12(2)16(22-13(3)20)10-18-19(5,6)24-18/h11,15-18H,2,7-10H2,1,3-6H3/t11-,15+,16+,17-,18-/m1/s1. The Bertz CT molecular complexity index is 510. The summed E-state index contributed by atoms with van der Waals surface area (Å²) in [5, 5.41) is 0. The lowest BCUT2D eigenvalue weighted by Gasteiger charge is -2.37. The van der Waals surface area contributed by atoms with Crippen LogP contribution in [0.15, 0.2) is 12.2 Å². The number of ether oxygens (including phenoxy) is 3. The van der Waals surface area contributed by atoms with Gasteiger partial charge in [-0.15, -0.1) is 0 Å². The molecule has 2 fully saturated rings. The van der Waals surface area contributed by atoms with Crippen molar-refractivity contribution in [2.75, 3.05) is 0 Å². The maximum absolute atomic E-state index is 11.5. The maximum Gasteiger partial charge on any atom is 0.303 e. The van der Waals surface area contributed by atoms with Crippen LogP contribution in [0.4, 0.5) is 0 Å². The van der Waals surface area contributed by atoms with Crippen molar-refractivity contribution in [1.82, 2.24) is 0 Å². The van der Waals surface area contributed by atoms with Gasteiger partial charge in [0.25, 0.3) is 0 Å². The highest BCUT2D eigenvalue weighted by Crippen LogP contribution is 2.42. The Hall–Kier alpha value is -1.36. The Morgan fingerprint density at radius 2 is 1.88 bits per heavy atom. The molecule has 0 unspecified atom stereocenters. The molecule has 0 amide bonds. The summed E-state index contributed by atoms with van der Waals surface area (Å²) in [5.74, 6) is -0.0667. The van der Waals surface area contributed by atoms with Crippen molar-refractivity contribution < 1.29 is 23.8 Å². The van der Waals surface area contributed by atoms with E-state index in [1.165, 1.54) is 13.8 Å². The molecule has 2 rings (SSSR count). The van der Waals surface area contributed by atoms with Crippen LogP contribution in [0.25, 0.3) is 0 Å². The second-order valence-corrected chi connectivity index (χ2v) is 7.79. The van der Waals surface area contributed by atoms with Gasteiger partial charge in [0.2, 0.25) is 0 Å². The normalized spacial score (nSPS) is 32.5. The third kappa shape index (κ3) is 4.82. The second kappa shape index (κ2) is 7.26. The molecule has 0 bridgehead atoms. The van der Waals surface area contributed by atoms with Gasteiger partial charge in [-0.3, -0.25) is 9.59 Å². The van der Waals surface area contributed by atoms with Gasteiger partial charge < -0.3 is 14.2 Å². The predicted molar refractivity (Wildman–Crippen MR) is 90.3 cm³/mol. The third-order valence-electron chi connectivity index (χ3n) is 5.16. The van der Waals surface area contributed by atoms with E-state index in [2.05, 4.69) is 13.5 Å². The van der Waals surface area contributed by atoms with Gasteiger partial charge in [-0.25, -0.2) is 0 Å². The molecule has 5 nitrogen and oxygen atoms in total. The zero-order valence-corrected chi connectivity index (χ0v) is 15.5. The lowest BCUT2D eigenvalue weighted by atomic mass is 9.75. The summed E-state index contributed by atoms with van der Waals surface area (Å²) in [6.45, 7) is 13.3. The third-order valence-corrected chi connectivity index (χ3v) is 5.16. The van der Waals surface area contributed by atoms with Gasteiger partial charge in [0, 0.05) is 26.2 Å². The largest absolute Gasteiger partial charge is 0.462 e. The molecule has 0 aromatic rings. The lowest BCUT2D eigenvalue weighted by Crippen LogP contribution is -2.37. The molecule has 1 aliphatic carbocycles. The van der Waals surface area contributed by atoms with Crippen molar-refractivity contribution in [3.05, 3.63) is 12.2 Å². The van der Waals surface area contributed by atoms with Crippen LogP contribution in [0.2, 0.25) is 0 Å². The molecule has 5 heteroatoms. The van der Waals surface area contributed by atoms with Gasteiger partial charge >= 0.3 is 11.9 Å². The van der Waals surface area contributed by atoms with Crippen LogP contribution in [0.1, 0.15) is 60.3 Å². The summed E-state index contributed by atoms with van der Waals surface area (Å²) in [7, 11) is 0. The highest BCUT2D eigenvalue weighted by atomic mass is 16.6. The number of rotatable bonds is 6. The molecular weight excluding hydrogens is 308 g/mol. The SMILES string of the molecule is C=C([C@H](C[C@H]1OC1(C)C)OC(C)=O)[C@@H]1CC[C@@H](C)C[C@H]1OC(C)=O. The quantitative estimate of drug-likeness (QED) is 0.422. The van der Waals surface area contributed by atoms with E-state index in [4.69, 9.17) is 14.2 Å². The van der Waals surface area contributed by atoms with E-state index in [0.717, 1.165) is 24.8 Å². The Balaban J connectivity index is 2.10. The summed E-state index contributed by atoms with van der Waals surface area (Å²) in [5.41, 5.74) is 0.671. The minimum atomic E-state index is -0.397. The van der Waals surface area contributed by atoms with E-state index in [1.54, 1.807) is 0 Å². The number of hydrogen-bond acceptors (Lipinski definition) is 5. The van der Waals surface area contributed by atoms with Gasteiger partial charge in [0.05, 0.1) is 11.7 Å². The van der Waals surface area contributed by atoms with E-state index >= 15 is 0 Å². The van der Waals surface area contributed by atoms with E-state index in [-0.39, 0.29) is 35.7 Å². The fourth-order valence-corrected chi connectivity index (χ4v) is 3.67. The maximum atomic E-state index is 11.5. The monoisotopic (exact) mass is 338 g/mol. The Morgan fingerprint density at radius 3 is 2.38 bits per heavy atom. The summed E-state index contributed by atoms with van der Waals surface area (Å²) >= 11 is 0. The molecule has 0 aromatic heterocycles. The first-order chi connectivity index (χ1) is 11.1. The van der Waals surface area contributed by atoms with Crippen LogP contribution in [0.5, 0.6) is 0 Å². The van der Waals surface area contributed by atoms with Crippen LogP contribution in [-0.2, 0) is 23.8 Å². The average molecular weight is 338 g/mol. The molecule has 1 heterocycles. The molecule has 1 aliphatic heterocycles. The van der Waals surface area contributed by atoms with Crippen molar-refractivity contribution in [1.29, 1.82) is 0 Å². The van der Waals surface area contributed by atoms with Crippen molar-refractivity contribution in [2.24, 2.45) is 11.8 Å². The van der Waals surface area contributed by atoms with Crippen LogP contribution in [0, 0.1) is 11.8 Å². The summed E-state index contributed by atoms with van der Waals surface area (Å²) < 4.78 is 16.7. The van der Waals surface area contributed by atoms with E-state index in [1.807, 2.05) is 13.8 Å². The Kier molecular flexibility index (Phi) is 5.74. The first kappa shape index (κ1) is 19.0. The topological polar surface area (TPSA) is 65.1 Å². The van der Waals surface area contributed by atoms with Crippen molar-refractivity contribution in [3.8, 4) is 0 Å². The van der Waals surface area contributed by atoms with Crippen LogP contribution >= 0.6 is 0 Å². The molecule has 2 aliphatic rings. The Morgan fingerprint density at radius 1 is 1.25 bits per heavy atom. The zero-order valence-electron chi connectivity index (χ0n) is 15.5. The number of epoxide rings is 1. The van der Waals surface area contributed by atoms with E-state index in [9.17, 15) is 9.59 Å². The fraction of sp³-hybridized carbons (Fsp3) is 0.789. The Labute approximate surface area is 144 Å². The fourth-order valence-electron chi connectivity index (χ4n) is 3.67. The van der Waals surface area contributed by atoms with Crippen LogP contribution in [-0.4, -0.2) is 35.9 Å². The molecule has 0 spiro atoms. The zero-order chi connectivity index (χ0) is 18.1. The molecule has 136 valence electrons. The van der Waals surface area contributed by atoms with Gasteiger partial charge in [-0.05, 0) is 44.6 Å². The van der Waals surface area contributed by atoms with Crippen molar-refractivity contribution in [2.45, 2.75) is 84.2 Å². The summed E-state index contributed by atoms with van der Waals surface area (Å²) in [4.78, 5) is 23.0. The molecular formula is C19H30O5. The van der Waals surface area contributed by atoms with Gasteiger partial charge in [-0.2, -0.15) is 0 Å². The molecule has 1 saturated heterocycles. The number of esters is 2. The summed E-state index contributed by atoms with van der Waals surface area (Å²) in [6, 6.07) is 0. The minimum Gasteiger partial charge on any atom is -0.462 e. The summed E-state index contributed by atoms with van der Waals surface area (Å²) in [6.07, 6.45) is 2.85. The van der Waals surface area contributed by atoms with Gasteiger partial charge in [0.15, 0.2) is 0 Å². The molecule has 1 saturated carbocycles. The highest BCUT2D eigenvalue weighted by Gasteiger charge is 2.50. The van der Waals surface area contributed by atoms with E-state index < -0.39 is 6.10 Å². The van der Waals surface area contributed by atoms with Crippen LogP contribution < -0.4 is 0 Å². The molecule has 0 radical (unpaired) electrons. The first-order valence-electron chi connectivity index (χ1n) is 8.81. The molecule has 0 N–H and O–H groups in total. The smallest absolute Gasteiger partial charge is 0.303 e. The second-order valence-electron chi connectivity index (χ2n) is 7.79. The highest BCUT2D eigenvalue weighted by molar-refractivity contribution is 5.67. The minimum absolute atomic E-state index is 0.0244. The predicted octanol–water partition coefficient (Wildman–Crippen LogP) is 3.41. The van der Waals surface area contributed by atoms with E-state index in [0.29, 0.717) is 12.3 Å². The van der Waals surface area contributed by atoms with Crippen molar-refractivity contribution >= 4 is 11.9 Å². The lowest BCUT2D eigenvalue weighted by molar-refractivity contribution is -0.153. The van der Waals surface area contributed by atoms with Gasteiger partial charge in [-0.1, -0.05) is 13.5 Å². The number of carbonyl (C=O) groups is 2. The number of hydrogen-bond donors (Lipinski definition) is 0. The number of carbonyl (C=O) groups excluding carboxylic acids is 2. The molecule has 0 aromatic carbocycles. The van der Waals surface area contributed by atoms with Crippen molar-refractivity contribution in [3.63, 3.8) is 0 Å². The molecule has 24 heavy (non-hydrogen) atoms. The molecule has 5 atom stereocenters. The van der Waals surface area contributed by atoms with Gasteiger partial charge in [0.1, 0.15) is 12.2 Å².